The van der Waals surface area contributed by atoms with E-state index in [1.165, 1.54) is 32.5 Å². The van der Waals surface area contributed by atoms with Gasteiger partial charge in [0.1, 0.15) is 11.5 Å². The molecule has 176 valence electrons. The second-order valence-corrected chi connectivity index (χ2v) is 9.20. The lowest BCUT2D eigenvalue weighted by Gasteiger charge is -2.25. The normalized spacial score (nSPS) is 13.3. The number of hydrogen-bond acceptors (Lipinski definition) is 9. The van der Waals surface area contributed by atoms with Crippen LogP contribution in [0.25, 0.3) is 10.1 Å². The van der Waals surface area contributed by atoms with E-state index in [2.05, 4.69) is 0 Å². The van der Waals surface area contributed by atoms with Crippen LogP contribution in [0.2, 0.25) is 0 Å². The van der Waals surface area contributed by atoms with Crippen molar-refractivity contribution in [3.05, 3.63) is 23.1 Å². The summed E-state index contributed by atoms with van der Waals surface area (Å²) in [6.07, 6.45) is 0. The van der Waals surface area contributed by atoms with E-state index in [1.54, 1.807) is 45.9 Å². The Bertz CT molecular complexity index is 972. The minimum absolute atomic E-state index is 0.0373. The van der Waals surface area contributed by atoms with E-state index in [-0.39, 0.29) is 13.4 Å². The summed E-state index contributed by atoms with van der Waals surface area (Å²) in [7, 11) is 3.02. The molecule has 2 rings (SSSR count). The van der Waals surface area contributed by atoms with Gasteiger partial charge in [-0.2, -0.15) is 0 Å². The molecule has 2 atom stereocenters. The van der Waals surface area contributed by atoms with Gasteiger partial charge in [0.15, 0.2) is 24.1 Å². The van der Waals surface area contributed by atoms with Gasteiger partial charge in [-0.15, -0.1) is 11.3 Å². The number of benzene rings is 1. The van der Waals surface area contributed by atoms with E-state index in [1.807, 2.05) is 0 Å². The zero-order valence-electron chi connectivity index (χ0n) is 19.5. The number of carbonyl (C=O) groups excluding carboxylic acids is 3. The Morgan fingerprint density at radius 3 is 2.28 bits per heavy atom. The average Bonchev–Trinajstić information content (AvgIpc) is 3.13. The molecule has 0 saturated carbocycles. The fourth-order valence-corrected chi connectivity index (χ4v) is 4.08. The van der Waals surface area contributed by atoms with Crippen LogP contribution in [-0.4, -0.2) is 50.9 Å². The topological polar surface area (TPSA) is 97.4 Å². The number of Topliss-reactive ketones (excluding diaryl/α,β-unsaturated/α-hetero) is 1. The van der Waals surface area contributed by atoms with Crippen molar-refractivity contribution in [2.45, 2.75) is 40.2 Å². The summed E-state index contributed by atoms with van der Waals surface area (Å²) in [6.45, 7) is 8.45. The van der Waals surface area contributed by atoms with Gasteiger partial charge in [0.05, 0.1) is 24.5 Å². The molecule has 2 aromatic rings. The zero-order chi connectivity index (χ0) is 24.1. The van der Waals surface area contributed by atoms with Crippen molar-refractivity contribution in [3.63, 3.8) is 0 Å². The van der Waals surface area contributed by atoms with E-state index in [9.17, 15) is 14.4 Å². The minimum atomic E-state index is -1.33. The van der Waals surface area contributed by atoms with Gasteiger partial charge in [-0.25, -0.2) is 0 Å². The Morgan fingerprint density at radius 2 is 1.72 bits per heavy atom. The molecule has 0 aliphatic rings. The number of ketones is 1. The molecule has 0 bridgehead atoms. The molecule has 0 radical (unpaired) electrons. The minimum Gasteiger partial charge on any atom is -0.493 e. The molecule has 9 heteroatoms. The number of esters is 2. The highest BCUT2D eigenvalue weighted by molar-refractivity contribution is 7.20. The highest BCUT2D eigenvalue weighted by Crippen LogP contribution is 2.38. The Balaban J connectivity index is 2.46. The number of hydrogen-bond donors (Lipinski definition) is 0. The standard InChI is InChI=1S/C23H30O8S/c1-8-29-21(25)13(2)19(22(26)31-23(3,4)5)20(24)18-10-14-9-16(30-12-27-6)15(28-7)11-17(14)32-18/h9-11,13,19H,8,12H2,1-7H3/t13-,19?/m0/s1. The Morgan fingerprint density at radius 1 is 1.03 bits per heavy atom. The van der Waals surface area contributed by atoms with Gasteiger partial charge in [-0.05, 0) is 45.2 Å². The fourth-order valence-electron chi connectivity index (χ4n) is 3.03. The summed E-state index contributed by atoms with van der Waals surface area (Å²) in [5.41, 5.74) is -0.814. The number of thiophene rings is 1. The summed E-state index contributed by atoms with van der Waals surface area (Å²) in [4.78, 5) is 39.0. The summed E-state index contributed by atoms with van der Waals surface area (Å²) < 4.78 is 27.1. The number of fused-ring (bicyclic) bond motifs is 1. The molecule has 0 amide bonds. The lowest BCUT2D eigenvalue weighted by atomic mass is 9.89. The van der Waals surface area contributed by atoms with Crippen molar-refractivity contribution in [1.29, 1.82) is 0 Å². The molecule has 1 aromatic carbocycles. The molecule has 0 aliphatic heterocycles. The van der Waals surface area contributed by atoms with E-state index in [4.69, 9.17) is 23.7 Å². The van der Waals surface area contributed by atoms with Crippen molar-refractivity contribution in [2.24, 2.45) is 11.8 Å². The van der Waals surface area contributed by atoms with Crippen LogP contribution in [0.1, 0.15) is 44.3 Å². The van der Waals surface area contributed by atoms with Gasteiger partial charge >= 0.3 is 11.9 Å². The van der Waals surface area contributed by atoms with Crippen LogP contribution in [0.4, 0.5) is 0 Å². The maximum Gasteiger partial charge on any atom is 0.318 e. The highest BCUT2D eigenvalue weighted by Gasteiger charge is 2.41. The maximum absolute atomic E-state index is 13.4. The van der Waals surface area contributed by atoms with Gasteiger partial charge < -0.3 is 23.7 Å². The van der Waals surface area contributed by atoms with Crippen molar-refractivity contribution in [2.75, 3.05) is 27.6 Å². The van der Waals surface area contributed by atoms with Crippen molar-refractivity contribution in [1.82, 2.24) is 0 Å². The van der Waals surface area contributed by atoms with Gasteiger partial charge in [-0.3, -0.25) is 14.4 Å². The highest BCUT2D eigenvalue weighted by atomic mass is 32.1. The zero-order valence-corrected chi connectivity index (χ0v) is 20.3. The molecule has 8 nitrogen and oxygen atoms in total. The first-order valence-electron chi connectivity index (χ1n) is 10.2. The van der Waals surface area contributed by atoms with Crippen LogP contribution in [0.5, 0.6) is 11.5 Å². The van der Waals surface area contributed by atoms with Crippen LogP contribution < -0.4 is 9.47 Å². The molecule has 0 N–H and O–H groups in total. The maximum atomic E-state index is 13.4. The third-order valence-corrected chi connectivity index (χ3v) is 5.59. The Kier molecular flexibility index (Phi) is 8.63. The summed E-state index contributed by atoms with van der Waals surface area (Å²) in [5.74, 6) is -3.28. The molecule has 0 aliphatic carbocycles. The monoisotopic (exact) mass is 466 g/mol. The van der Waals surface area contributed by atoms with Crippen LogP contribution in [-0.2, 0) is 23.8 Å². The first-order chi connectivity index (χ1) is 15.0. The van der Waals surface area contributed by atoms with E-state index < -0.39 is 35.2 Å². The molecule has 32 heavy (non-hydrogen) atoms. The third-order valence-electron chi connectivity index (χ3n) is 4.48. The Hall–Kier alpha value is -2.65. The van der Waals surface area contributed by atoms with Crippen LogP contribution in [0, 0.1) is 11.8 Å². The van der Waals surface area contributed by atoms with E-state index in [0.717, 1.165) is 10.1 Å². The average molecular weight is 467 g/mol. The van der Waals surface area contributed by atoms with Gasteiger partial charge in [0, 0.05) is 17.9 Å². The number of rotatable bonds is 10. The predicted octanol–water partition coefficient (Wildman–Crippen LogP) is 4.23. The number of carbonyl (C=O) groups is 3. The smallest absolute Gasteiger partial charge is 0.318 e. The van der Waals surface area contributed by atoms with Crippen LogP contribution >= 0.6 is 11.3 Å². The van der Waals surface area contributed by atoms with E-state index in [0.29, 0.717) is 16.4 Å². The molecule has 0 saturated heterocycles. The molecule has 0 spiro atoms. The summed E-state index contributed by atoms with van der Waals surface area (Å²) >= 11 is 1.20. The lowest BCUT2D eigenvalue weighted by Crippen LogP contribution is -2.39. The van der Waals surface area contributed by atoms with Gasteiger partial charge in [0.25, 0.3) is 0 Å². The first-order valence-corrected chi connectivity index (χ1v) is 11.0. The SMILES string of the molecule is CCOC(=O)[C@@H](C)C(C(=O)OC(C)(C)C)C(=O)c1cc2cc(OCOC)c(OC)cc2s1. The molecule has 1 heterocycles. The van der Waals surface area contributed by atoms with Crippen LogP contribution in [0.15, 0.2) is 18.2 Å². The molecular weight excluding hydrogens is 436 g/mol. The molecule has 0 fully saturated rings. The van der Waals surface area contributed by atoms with Gasteiger partial charge in [0.2, 0.25) is 0 Å². The quantitative estimate of drug-likeness (QED) is 0.222. The van der Waals surface area contributed by atoms with Gasteiger partial charge in [-0.1, -0.05) is 6.92 Å². The van der Waals surface area contributed by atoms with Crippen LogP contribution in [0.3, 0.4) is 0 Å². The third kappa shape index (κ3) is 6.20. The van der Waals surface area contributed by atoms with Crippen molar-refractivity contribution >= 4 is 39.1 Å². The molecular formula is C23H30O8S. The number of ether oxygens (including phenoxy) is 5. The second-order valence-electron chi connectivity index (χ2n) is 8.12. The van der Waals surface area contributed by atoms with Crippen molar-refractivity contribution in [3.8, 4) is 11.5 Å². The van der Waals surface area contributed by atoms with Crippen molar-refractivity contribution < 1.29 is 38.1 Å². The lowest BCUT2D eigenvalue weighted by molar-refractivity contribution is -0.165. The molecule has 1 unspecified atom stereocenters. The number of methoxy groups -OCH3 is 2. The fraction of sp³-hybridized carbons (Fsp3) is 0.522. The Labute approximate surface area is 191 Å². The predicted molar refractivity (Wildman–Crippen MR) is 120 cm³/mol. The molecule has 1 aromatic heterocycles. The largest absolute Gasteiger partial charge is 0.493 e. The van der Waals surface area contributed by atoms with E-state index >= 15 is 0 Å². The first kappa shape index (κ1) is 25.6. The second kappa shape index (κ2) is 10.8. The summed E-state index contributed by atoms with van der Waals surface area (Å²) in [5, 5.41) is 0.733. The summed E-state index contributed by atoms with van der Waals surface area (Å²) in [6, 6.07) is 5.15.